The maximum atomic E-state index is 5.43. The number of hydrogen-bond acceptors (Lipinski definition) is 2. The van der Waals surface area contributed by atoms with Crippen LogP contribution in [0.25, 0.3) is 0 Å². The smallest absolute Gasteiger partial charge is 0.165 e. The highest BCUT2D eigenvalue weighted by Crippen LogP contribution is 2.33. The molecule has 2 nitrogen and oxygen atoms in total. The van der Waals surface area contributed by atoms with Crippen LogP contribution in [-0.2, 0) is 10.4 Å². The molecule has 0 fully saturated rings. The van der Waals surface area contributed by atoms with Gasteiger partial charge in [-0.25, -0.2) is 0 Å². The van der Waals surface area contributed by atoms with Crippen molar-refractivity contribution in [3.05, 3.63) is 35.9 Å². The van der Waals surface area contributed by atoms with E-state index < -0.39 is 0 Å². The van der Waals surface area contributed by atoms with Gasteiger partial charge >= 0.3 is 0 Å². The minimum Gasteiger partial charge on any atom is -0.384 e. The summed E-state index contributed by atoms with van der Waals surface area (Å²) in [6, 6.07) is 10.2. The van der Waals surface area contributed by atoms with Gasteiger partial charge < -0.3 is 4.84 Å². The van der Waals surface area contributed by atoms with Gasteiger partial charge in [0.25, 0.3) is 0 Å². The Bertz CT molecular complexity index is 331. The molecule has 0 bridgehead atoms. The zero-order chi connectivity index (χ0) is 9.31. The van der Waals surface area contributed by atoms with E-state index in [-0.39, 0.29) is 5.60 Å². The molecule has 13 heavy (non-hydrogen) atoms. The molecule has 0 saturated carbocycles. The minimum atomic E-state index is -0.245. The van der Waals surface area contributed by atoms with Crippen LogP contribution in [0.2, 0.25) is 0 Å². The number of benzene rings is 1. The summed E-state index contributed by atoms with van der Waals surface area (Å²) in [5.74, 6) is 0. The monoisotopic (exact) mass is 175 g/mol. The molecule has 0 unspecified atom stereocenters. The van der Waals surface area contributed by atoms with E-state index in [2.05, 4.69) is 24.2 Å². The SMILES string of the molecule is CC1=NO[C@@](C)(c2ccccc2)C1. The van der Waals surface area contributed by atoms with Gasteiger partial charge in [0, 0.05) is 6.42 Å². The lowest BCUT2D eigenvalue weighted by molar-refractivity contribution is -0.00738. The van der Waals surface area contributed by atoms with E-state index in [9.17, 15) is 0 Å². The van der Waals surface area contributed by atoms with Gasteiger partial charge in [-0.15, -0.1) is 0 Å². The maximum absolute atomic E-state index is 5.43. The number of nitrogens with zero attached hydrogens (tertiary/aromatic N) is 1. The average Bonchev–Trinajstić information content (AvgIpc) is 2.49. The molecule has 1 aromatic carbocycles. The van der Waals surface area contributed by atoms with E-state index in [4.69, 9.17) is 4.84 Å². The summed E-state index contributed by atoms with van der Waals surface area (Å²) in [7, 11) is 0. The van der Waals surface area contributed by atoms with Crippen LogP contribution >= 0.6 is 0 Å². The van der Waals surface area contributed by atoms with Crippen LogP contribution in [0, 0.1) is 0 Å². The highest BCUT2D eigenvalue weighted by molar-refractivity contribution is 5.83. The lowest BCUT2D eigenvalue weighted by atomic mass is 9.91. The van der Waals surface area contributed by atoms with Gasteiger partial charge in [0.1, 0.15) is 0 Å². The molecule has 0 aliphatic carbocycles. The minimum absolute atomic E-state index is 0.245. The van der Waals surface area contributed by atoms with Crippen LogP contribution in [0.15, 0.2) is 35.5 Å². The predicted octanol–water partition coefficient (Wildman–Crippen LogP) is 2.70. The van der Waals surface area contributed by atoms with Gasteiger partial charge in [0.15, 0.2) is 5.60 Å². The molecule has 1 aliphatic rings. The Morgan fingerprint density at radius 3 is 2.54 bits per heavy atom. The molecule has 0 amide bonds. The van der Waals surface area contributed by atoms with E-state index in [1.165, 1.54) is 5.56 Å². The molecule has 2 rings (SSSR count). The third kappa shape index (κ3) is 1.44. The molecule has 2 heteroatoms. The maximum Gasteiger partial charge on any atom is 0.165 e. The zero-order valence-corrected chi connectivity index (χ0v) is 7.95. The summed E-state index contributed by atoms with van der Waals surface area (Å²) in [6.45, 7) is 4.07. The first kappa shape index (κ1) is 8.30. The molecule has 1 atom stereocenters. The standard InChI is InChI=1S/C11H13NO/c1-9-8-11(2,13-12-9)10-6-4-3-5-7-10/h3-7H,8H2,1-2H3/t11-/m1/s1. The van der Waals surface area contributed by atoms with Crippen LogP contribution in [0.5, 0.6) is 0 Å². The van der Waals surface area contributed by atoms with Crippen LogP contribution < -0.4 is 0 Å². The van der Waals surface area contributed by atoms with Gasteiger partial charge in [0.05, 0.1) is 5.71 Å². The van der Waals surface area contributed by atoms with Crippen LogP contribution in [0.3, 0.4) is 0 Å². The number of rotatable bonds is 1. The molecular formula is C11H13NO. The van der Waals surface area contributed by atoms with E-state index in [0.29, 0.717) is 0 Å². The first-order valence-corrected chi connectivity index (χ1v) is 4.48. The summed E-state index contributed by atoms with van der Waals surface area (Å²) < 4.78 is 0. The lowest BCUT2D eigenvalue weighted by Gasteiger charge is -2.21. The van der Waals surface area contributed by atoms with Gasteiger partial charge in [-0.3, -0.25) is 0 Å². The second-order valence-electron chi connectivity index (χ2n) is 3.69. The average molecular weight is 175 g/mol. The Morgan fingerprint density at radius 2 is 2.00 bits per heavy atom. The summed E-state index contributed by atoms with van der Waals surface area (Å²) in [6.07, 6.45) is 0.886. The normalized spacial score (nSPS) is 26.8. The second-order valence-corrected chi connectivity index (χ2v) is 3.69. The predicted molar refractivity (Wildman–Crippen MR) is 52.6 cm³/mol. The molecule has 1 heterocycles. The van der Waals surface area contributed by atoms with Crippen molar-refractivity contribution in [1.82, 2.24) is 0 Å². The molecule has 1 aliphatic heterocycles. The Morgan fingerprint density at radius 1 is 1.31 bits per heavy atom. The fourth-order valence-electron chi connectivity index (χ4n) is 1.68. The molecule has 68 valence electrons. The molecule has 0 aromatic heterocycles. The summed E-state index contributed by atoms with van der Waals surface area (Å²) >= 11 is 0. The molecule has 0 spiro atoms. The van der Waals surface area contributed by atoms with Crippen molar-refractivity contribution in [1.29, 1.82) is 0 Å². The van der Waals surface area contributed by atoms with Crippen molar-refractivity contribution in [3.63, 3.8) is 0 Å². The first-order chi connectivity index (χ1) is 6.21. The van der Waals surface area contributed by atoms with Crippen LogP contribution in [0.4, 0.5) is 0 Å². The fourth-order valence-corrected chi connectivity index (χ4v) is 1.68. The molecule has 0 N–H and O–H groups in total. The first-order valence-electron chi connectivity index (χ1n) is 4.48. The Hall–Kier alpha value is -1.31. The molecule has 1 aromatic rings. The van der Waals surface area contributed by atoms with Crippen LogP contribution in [-0.4, -0.2) is 5.71 Å². The van der Waals surface area contributed by atoms with E-state index in [1.807, 2.05) is 25.1 Å². The number of oxime groups is 1. The summed E-state index contributed by atoms with van der Waals surface area (Å²) in [5.41, 5.74) is 2.01. The van der Waals surface area contributed by atoms with Gasteiger partial charge in [0.2, 0.25) is 0 Å². The largest absolute Gasteiger partial charge is 0.384 e. The van der Waals surface area contributed by atoms with Gasteiger partial charge in [-0.2, -0.15) is 0 Å². The van der Waals surface area contributed by atoms with E-state index in [0.717, 1.165) is 12.1 Å². The van der Waals surface area contributed by atoms with Crippen molar-refractivity contribution >= 4 is 5.71 Å². The third-order valence-electron chi connectivity index (χ3n) is 2.38. The second kappa shape index (κ2) is 2.87. The number of hydrogen-bond donors (Lipinski definition) is 0. The molecular weight excluding hydrogens is 162 g/mol. The van der Waals surface area contributed by atoms with Crippen molar-refractivity contribution < 1.29 is 4.84 Å². The lowest BCUT2D eigenvalue weighted by Crippen LogP contribution is -2.20. The molecule has 0 saturated heterocycles. The zero-order valence-electron chi connectivity index (χ0n) is 7.95. The Balaban J connectivity index is 2.28. The molecule has 0 radical (unpaired) electrons. The Labute approximate surface area is 78.2 Å². The van der Waals surface area contributed by atoms with Crippen molar-refractivity contribution in [3.8, 4) is 0 Å². The van der Waals surface area contributed by atoms with Crippen molar-refractivity contribution in [2.75, 3.05) is 0 Å². The van der Waals surface area contributed by atoms with E-state index in [1.54, 1.807) is 0 Å². The van der Waals surface area contributed by atoms with Gasteiger partial charge in [-0.05, 0) is 19.4 Å². The fraction of sp³-hybridized carbons (Fsp3) is 0.364. The van der Waals surface area contributed by atoms with Crippen LogP contribution in [0.1, 0.15) is 25.8 Å². The highest BCUT2D eigenvalue weighted by Gasteiger charge is 2.34. The quantitative estimate of drug-likeness (QED) is 0.643. The van der Waals surface area contributed by atoms with Crippen molar-refractivity contribution in [2.45, 2.75) is 25.9 Å². The van der Waals surface area contributed by atoms with Crippen molar-refractivity contribution in [2.24, 2.45) is 5.16 Å². The Kier molecular flexibility index (Phi) is 1.83. The third-order valence-corrected chi connectivity index (χ3v) is 2.38. The summed E-state index contributed by atoms with van der Waals surface area (Å²) in [5, 5.41) is 3.98. The highest BCUT2D eigenvalue weighted by atomic mass is 16.7. The topological polar surface area (TPSA) is 21.6 Å². The van der Waals surface area contributed by atoms with E-state index >= 15 is 0 Å². The summed E-state index contributed by atoms with van der Waals surface area (Å²) in [4.78, 5) is 5.43. The van der Waals surface area contributed by atoms with Gasteiger partial charge in [-0.1, -0.05) is 35.5 Å².